The third kappa shape index (κ3) is 6.88. The second-order valence-electron chi connectivity index (χ2n) is 6.71. The molecule has 1 amide bonds. The molecule has 0 aliphatic heterocycles. The summed E-state index contributed by atoms with van der Waals surface area (Å²) in [5.41, 5.74) is 3.27. The summed E-state index contributed by atoms with van der Waals surface area (Å²) >= 11 is 5.88. The maximum atomic E-state index is 12.1. The normalized spacial score (nSPS) is 11.6. The number of esters is 1. The van der Waals surface area contributed by atoms with Crippen LogP contribution < -0.4 is 14.9 Å². The van der Waals surface area contributed by atoms with Gasteiger partial charge in [-0.2, -0.15) is 5.10 Å². The van der Waals surface area contributed by atoms with Gasteiger partial charge in [0.15, 0.2) is 6.10 Å². The number of amides is 1. The van der Waals surface area contributed by atoms with Crippen LogP contribution in [0.4, 0.5) is 5.69 Å². The molecule has 3 aromatic rings. The topological polar surface area (TPSA) is 120 Å². The van der Waals surface area contributed by atoms with Gasteiger partial charge in [-0.15, -0.1) is 0 Å². The van der Waals surface area contributed by atoms with Crippen LogP contribution in [0.3, 0.4) is 0 Å². The second-order valence-corrected chi connectivity index (χ2v) is 7.15. The summed E-state index contributed by atoms with van der Waals surface area (Å²) in [5.74, 6) is -0.383. The Morgan fingerprint density at radius 1 is 1.06 bits per heavy atom. The largest absolute Gasteiger partial charge is 0.481 e. The average Bonchev–Trinajstić information content (AvgIpc) is 2.80. The fraction of sp³-hybridized carbons (Fsp3) is 0.0870. The molecule has 10 heteroatoms. The van der Waals surface area contributed by atoms with Crippen LogP contribution in [0.2, 0.25) is 5.02 Å². The number of non-ortho nitro benzene ring substituents is 1. The van der Waals surface area contributed by atoms with Gasteiger partial charge in [-0.25, -0.2) is 10.2 Å². The number of carbonyl (C=O) groups excluding carboxylic acids is 2. The molecule has 0 spiro atoms. The van der Waals surface area contributed by atoms with Crippen LogP contribution in [0.5, 0.6) is 11.5 Å². The zero-order chi connectivity index (χ0) is 23.8. The Kier molecular flexibility index (Phi) is 7.72. The lowest BCUT2D eigenvalue weighted by Crippen LogP contribution is -2.33. The lowest BCUT2D eigenvalue weighted by Gasteiger charge is -2.12. The quantitative estimate of drug-likeness (QED) is 0.172. The molecule has 1 atom stereocenters. The summed E-state index contributed by atoms with van der Waals surface area (Å²) in [6, 6.07) is 18.3. The molecule has 0 aliphatic carbocycles. The fourth-order valence-electron chi connectivity index (χ4n) is 2.57. The predicted octanol–water partition coefficient (Wildman–Crippen LogP) is 4.39. The highest BCUT2D eigenvalue weighted by molar-refractivity contribution is 6.30. The molecular formula is C23H18ClN3O6. The summed E-state index contributed by atoms with van der Waals surface area (Å²) in [7, 11) is 0. The zero-order valence-electron chi connectivity index (χ0n) is 17.3. The van der Waals surface area contributed by atoms with Crippen molar-refractivity contribution in [1.29, 1.82) is 0 Å². The summed E-state index contributed by atoms with van der Waals surface area (Å²) in [6.45, 7) is 1.52. The van der Waals surface area contributed by atoms with Crippen molar-refractivity contribution >= 4 is 35.4 Å². The third-order valence-electron chi connectivity index (χ3n) is 4.27. The molecular weight excluding hydrogens is 450 g/mol. The number of hydrazone groups is 1. The highest BCUT2D eigenvalue weighted by Crippen LogP contribution is 2.19. The Labute approximate surface area is 193 Å². The van der Waals surface area contributed by atoms with Gasteiger partial charge in [-0.05, 0) is 67.1 Å². The number of benzene rings is 3. The molecule has 0 bridgehead atoms. The number of ether oxygens (including phenoxy) is 2. The molecule has 0 aromatic heterocycles. The van der Waals surface area contributed by atoms with Gasteiger partial charge in [0.2, 0.25) is 0 Å². The fourth-order valence-corrected chi connectivity index (χ4v) is 2.76. The summed E-state index contributed by atoms with van der Waals surface area (Å²) < 4.78 is 10.7. The van der Waals surface area contributed by atoms with E-state index < -0.39 is 22.9 Å². The van der Waals surface area contributed by atoms with Crippen molar-refractivity contribution in [3.05, 3.63) is 99.1 Å². The van der Waals surface area contributed by atoms with Crippen molar-refractivity contribution in [2.24, 2.45) is 5.10 Å². The number of rotatable bonds is 8. The SMILES string of the molecule is CC(Oc1ccc([N+](=O)[O-])cc1)C(=O)NN=Cc1ccc(OC(=O)c2cccc(Cl)c2)cc1. The van der Waals surface area contributed by atoms with Crippen molar-refractivity contribution in [3.63, 3.8) is 0 Å². The van der Waals surface area contributed by atoms with Crippen molar-refractivity contribution in [1.82, 2.24) is 5.43 Å². The second kappa shape index (κ2) is 10.9. The van der Waals surface area contributed by atoms with E-state index in [4.69, 9.17) is 21.1 Å². The Balaban J connectivity index is 1.49. The van der Waals surface area contributed by atoms with E-state index >= 15 is 0 Å². The molecule has 33 heavy (non-hydrogen) atoms. The van der Waals surface area contributed by atoms with E-state index in [1.807, 2.05) is 0 Å². The monoisotopic (exact) mass is 467 g/mol. The van der Waals surface area contributed by atoms with Crippen molar-refractivity contribution in [3.8, 4) is 11.5 Å². The number of nitrogens with zero attached hydrogens (tertiary/aromatic N) is 2. The number of nitrogens with one attached hydrogen (secondary N) is 1. The van der Waals surface area contributed by atoms with E-state index in [0.29, 0.717) is 27.6 Å². The van der Waals surface area contributed by atoms with Gasteiger partial charge in [-0.3, -0.25) is 14.9 Å². The van der Waals surface area contributed by atoms with Crippen LogP contribution >= 0.6 is 11.6 Å². The molecule has 3 aromatic carbocycles. The molecule has 0 aliphatic rings. The van der Waals surface area contributed by atoms with Gasteiger partial charge in [0.1, 0.15) is 11.5 Å². The van der Waals surface area contributed by atoms with Crippen molar-refractivity contribution in [2.75, 3.05) is 0 Å². The minimum Gasteiger partial charge on any atom is -0.481 e. The zero-order valence-corrected chi connectivity index (χ0v) is 18.1. The molecule has 1 N–H and O–H groups in total. The summed E-state index contributed by atoms with van der Waals surface area (Å²) in [5, 5.41) is 15.0. The first-order chi connectivity index (χ1) is 15.8. The molecule has 9 nitrogen and oxygen atoms in total. The predicted molar refractivity (Wildman–Crippen MR) is 122 cm³/mol. The lowest BCUT2D eigenvalue weighted by molar-refractivity contribution is -0.384. The van der Waals surface area contributed by atoms with Crippen LogP contribution in [-0.4, -0.2) is 29.1 Å². The van der Waals surface area contributed by atoms with E-state index in [9.17, 15) is 19.7 Å². The highest BCUT2D eigenvalue weighted by Gasteiger charge is 2.15. The van der Waals surface area contributed by atoms with E-state index in [0.717, 1.165) is 0 Å². The molecule has 0 radical (unpaired) electrons. The third-order valence-corrected chi connectivity index (χ3v) is 4.50. The molecule has 168 valence electrons. The van der Waals surface area contributed by atoms with Crippen LogP contribution in [0.15, 0.2) is 77.9 Å². The average molecular weight is 468 g/mol. The first-order valence-electron chi connectivity index (χ1n) is 9.63. The minimum atomic E-state index is -0.878. The molecule has 0 heterocycles. The molecule has 1 unspecified atom stereocenters. The number of nitro groups is 1. The number of carbonyl (C=O) groups is 2. The Bertz CT molecular complexity index is 1180. The van der Waals surface area contributed by atoms with Crippen molar-refractivity contribution in [2.45, 2.75) is 13.0 Å². The van der Waals surface area contributed by atoms with Crippen LogP contribution in [0, 0.1) is 10.1 Å². The van der Waals surface area contributed by atoms with Crippen LogP contribution in [0.25, 0.3) is 0 Å². The first kappa shape index (κ1) is 23.4. The number of halogens is 1. The molecule has 0 fully saturated rings. The maximum Gasteiger partial charge on any atom is 0.343 e. The molecule has 3 rings (SSSR count). The first-order valence-corrected chi connectivity index (χ1v) is 10.0. The van der Waals surface area contributed by atoms with Gasteiger partial charge >= 0.3 is 5.97 Å². The smallest absolute Gasteiger partial charge is 0.343 e. The number of nitro benzene ring substituents is 1. The maximum absolute atomic E-state index is 12.1. The Morgan fingerprint density at radius 3 is 2.36 bits per heavy atom. The van der Waals surface area contributed by atoms with E-state index in [1.165, 1.54) is 43.5 Å². The number of hydrogen-bond donors (Lipinski definition) is 1. The van der Waals surface area contributed by atoms with Crippen molar-refractivity contribution < 1.29 is 24.0 Å². The van der Waals surface area contributed by atoms with E-state index in [2.05, 4.69) is 10.5 Å². The standard InChI is InChI=1S/C23H18ClN3O6/c1-15(32-20-11-7-19(8-12-20)27(30)31)22(28)26-25-14-16-5-9-21(10-6-16)33-23(29)17-3-2-4-18(24)13-17/h2-15H,1H3,(H,26,28). The van der Waals surface area contributed by atoms with E-state index in [1.54, 1.807) is 42.5 Å². The summed E-state index contributed by atoms with van der Waals surface area (Å²) in [6.07, 6.45) is 0.538. The lowest BCUT2D eigenvalue weighted by atomic mass is 10.2. The van der Waals surface area contributed by atoms with Crippen LogP contribution in [-0.2, 0) is 4.79 Å². The Hall–Kier alpha value is -4.24. The molecule has 0 saturated carbocycles. The Morgan fingerprint density at radius 2 is 1.73 bits per heavy atom. The summed E-state index contributed by atoms with van der Waals surface area (Å²) in [4.78, 5) is 34.4. The van der Waals surface area contributed by atoms with Crippen LogP contribution in [0.1, 0.15) is 22.8 Å². The van der Waals surface area contributed by atoms with E-state index in [-0.39, 0.29) is 5.69 Å². The molecule has 0 saturated heterocycles. The van der Waals surface area contributed by atoms with Gasteiger partial charge in [0.25, 0.3) is 11.6 Å². The van der Waals surface area contributed by atoms with Gasteiger partial charge in [0, 0.05) is 17.2 Å². The minimum absolute atomic E-state index is 0.0747. The number of hydrogen-bond acceptors (Lipinski definition) is 7. The van der Waals surface area contributed by atoms with Gasteiger partial charge < -0.3 is 9.47 Å². The van der Waals surface area contributed by atoms with Gasteiger partial charge in [-0.1, -0.05) is 17.7 Å². The van der Waals surface area contributed by atoms with Gasteiger partial charge in [0.05, 0.1) is 16.7 Å². The highest BCUT2D eigenvalue weighted by atomic mass is 35.5.